The van der Waals surface area contributed by atoms with Gasteiger partial charge in [-0.1, -0.05) is 30.1 Å². The molecule has 0 bridgehead atoms. The van der Waals surface area contributed by atoms with Crippen LogP contribution in [0.4, 0.5) is 0 Å². The van der Waals surface area contributed by atoms with Crippen molar-refractivity contribution in [2.45, 2.75) is 19.4 Å². The lowest BCUT2D eigenvalue weighted by molar-refractivity contribution is -0.00585. The highest BCUT2D eigenvalue weighted by Gasteiger charge is 2.23. The van der Waals surface area contributed by atoms with Gasteiger partial charge in [-0.2, -0.15) is 0 Å². The SMILES string of the molecule is CCC1COCCN1CC(=O)c1ccc(Cl)c(Cl)c1. The highest BCUT2D eigenvalue weighted by Crippen LogP contribution is 2.23. The lowest BCUT2D eigenvalue weighted by atomic mass is 10.1. The molecule has 1 atom stereocenters. The molecule has 1 aliphatic heterocycles. The lowest BCUT2D eigenvalue weighted by Gasteiger charge is -2.34. The lowest BCUT2D eigenvalue weighted by Crippen LogP contribution is -2.47. The fraction of sp³-hybridized carbons (Fsp3) is 0.500. The van der Waals surface area contributed by atoms with Crippen LogP contribution in [0.25, 0.3) is 0 Å². The van der Waals surface area contributed by atoms with Crippen molar-refractivity contribution in [2.75, 3.05) is 26.3 Å². The third kappa shape index (κ3) is 3.69. The molecule has 19 heavy (non-hydrogen) atoms. The van der Waals surface area contributed by atoms with Gasteiger partial charge in [-0.3, -0.25) is 9.69 Å². The van der Waals surface area contributed by atoms with E-state index in [2.05, 4.69) is 11.8 Å². The van der Waals surface area contributed by atoms with E-state index in [0.717, 1.165) is 13.0 Å². The van der Waals surface area contributed by atoms with Gasteiger partial charge in [0.2, 0.25) is 0 Å². The summed E-state index contributed by atoms with van der Waals surface area (Å²) in [6.45, 7) is 4.69. The van der Waals surface area contributed by atoms with Crippen LogP contribution < -0.4 is 0 Å². The first-order valence-corrected chi connectivity index (χ1v) is 7.17. The molecular formula is C14H17Cl2NO2. The number of Topliss-reactive ketones (excluding diaryl/α,β-unsaturated/α-hetero) is 1. The maximum absolute atomic E-state index is 12.3. The second kappa shape index (κ2) is 6.71. The predicted octanol–water partition coefficient (Wildman–Crippen LogP) is 3.29. The number of halogens is 2. The zero-order valence-electron chi connectivity index (χ0n) is 10.9. The van der Waals surface area contributed by atoms with Crippen molar-refractivity contribution in [2.24, 2.45) is 0 Å². The number of nitrogens with zero attached hydrogens (tertiary/aromatic N) is 1. The quantitative estimate of drug-likeness (QED) is 0.799. The van der Waals surface area contributed by atoms with Crippen LogP contribution in [0.5, 0.6) is 0 Å². The number of carbonyl (C=O) groups excluding carboxylic acids is 1. The molecule has 1 heterocycles. The van der Waals surface area contributed by atoms with Crippen LogP contribution in [0, 0.1) is 0 Å². The van der Waals surface area contributed by atoms with Crippen molar-refractivity contribution in [1.82, 2.24) is 4.90 Å². The molecule has 0 spiro atoms. The molecule has 1 aromatic carbocycles. The van der Waals surface area contributed by atoms with E-state index in [1.54, 1.807) is 18.2 Å². The number of morpholine rings is 1. The number of ketones is 1. The van der Waals surface area contributed by atoms with Crippen LogP contribution in [0.15, 0.2) is 18.2 Å². The first kappa shape index (κ1) is 14.8. The van der Waals surface area contributed by atoms with Gasteiger partial charge in [0.25, 0.3) is 0 Å². The Morgan fingerprint density at radius 1 is 1.42 bits per heavy atom. The monoisotopic (exact) mass is 301 g/mol. The summed E-state index contributed by atoms with van der Waals surface area (Å²) >= 11 is 11.8. The average molecular weight is 302 g/mol. The Kier molecular flexibility index (Phi) is 5.22. The molecule has 5 heteroatoms. The van der Waals surface area contributed by atoms with E-state index in [4.69, 9.17) is 27.9 Å². The van der Waals surface area contributed by atoms with E-state index < -0.39 is 0 Å². The number of benzene rings is 1. The summed E-state index contributed by atoms with van der Waals surface area (Å²) in [4.78, 5) is 14.4. The molecule has 2 rings (SSSR count). The van der Waals surface area contributed by atoms with Gasteiger partial charge in [0, 0.05) is 18.2 Å². The van der Waals surface area contributed by atoms with Crippen molar-refractivity contribution in [3.05, 3.63) is 33.8 Å². The van der Waals surface area contributed by atoms with E-state index in [-0.39, 0.29) is 5.78 Å². The normalized spacial score (nSPS) is 20.5. The summed E-state index contributed by atoms with van der Waals surface area (Å²) in [5.74, 6) is 0.0684. The van der Waals surface area contributed by atoms with Crippen molar-refractivity contribution < 1.29 is 9.53 Å². The van der Waals surface area contributed by atoms with Crippen LogP contribution in [0.3, 0.4) is 0 Å². The third-order valence-electron chi connectivity index (χ3n) is 3.41. The summed E-state index contributed by atoms with van der Waals surface area (Å²) in [5, 5.41) is 0.887. The third-order valence-corrected chi connectivity index (χ3v) is 4.15. The smallest absolute Gasteiger partial charge is 0.176 e. The molecule has 0 aliphatic carbocycles. The van der Waals surface area contributed by atoms with Crippen LogP contribution in [-0.4, -0.2) is 43.0 Å². The first-order chi connectivity index (χ1) is 9.11. The summed E-state index contributed by atoms with van der Waals surface area (Å²) in [7, 11) is 0. The zero-order valence-corrected chi connectivity index (χ0v) is 12.4. The predicted molar refractivity (Wildman–Crippen MR) is 77.3 cm³/mol. The molecule has 1 saturated heterocycles. The highest BCUT2D eigenvalue weighted by molar-refractivity contribution is 6.42. The molecular weight excluding hydrogens is 285 g/mol. The molecule has 1 unspecified atom stereocenters. The van der Waals surface area contributed by atoms with Crippen molar-refractivity contribution in [1.29, 1.82) is 0 Å². The fourth-order valence-electron chi connectivity index (χ4n) is 2.22. The molecule has 0 radical (unpaired) electrons. The van der Waals surface area contributed by atoms with Gasteiger partial charge in [0.05, 0.1) is 29.8 Å². The molecule has 104 valence electrons. The minimum atomic E-state index is 0.0684. The summed E-state index contributed by atoms with van der Waals surface area (Å²) in [6, 6.07) is 5.33. The Morgan fingerprint density at radius 3 is 2.89 bits per heavy atom. The molecule has 3 nitrogen and oxygen atoms in total. The Morgan fingerprint density at radius 2 is 2.21 bits per heavy atom. The first-order valence-electron chi connectivity index (χ1n) is 6.42. The maximum atomic E-state index is 12.3. The average Bonchev–Trinajstić information content (AvgIpc) is 2.42. The van der Waals surface area contributed by atoms with Gasteiger partial charge in [0.1, 0.15) is 0 Å². The largest absolute Gasteiger partial charge is 0.378 e. The molecule has 1 fully saturated rings. The molecule has 0 amide bonds. The number of ether oxygens (including phenoxy) is 1. The van der Waals surface area contributed by atoms with Crippen LogP contribution in [0.2, 0.25) is 10.0 Å². The van der Waals surface area contributed by atoms with E-state index in [9.17, 15) is 4.79 Å². The molecule has 1 aliphatic rings. The van der Waals surface area contributed by atoms with Crippen LogP contribution in [-0.2, 0) is 4.74 Å². The van der Waals surface area contributed by atoms with Crippen LogP contribution in [0.1, 0.15) is 23.7 Å². The summed E-state index contributed by atoms with van der Waals surface area (Å²) in [5.41, 5.74) is 0.607. The van der Waals surface area contributed by atoms with Gasteiger partial charge in [-0.05, 0) is 24.6 Å². The molecule has 0 saturated carbocycles. The van der Waals surface area contributed by atoms with Gasteiger partial charge in [-0.25, -0.2) is 0 Å². The minimum absolute atomic E-state index is 0.0684. The maximum Gasteiger partial charge on any atom is 0.176 e. The Bertz CT molecular complexity index is 465. The zero-order chi connectivity index (χ0) is 13.8. The Balaban J connectivity index is 2.05. The van der Waals surface area contributed by atoms with E-state index >= 15 is 0 Å². The Labute approximate surface area is 123 Å². The molecule has 1 aromatic rings. The van der Waals surface area contributed by atoms with Gasteiger partial charge >= 0.3 is 0 Å². The minimum Gasteiger partial charge on any atom is -0.378 e. The summed E-state index contributed by atoms with van der Waals surface area (Å²) in [6.07, 6.45) is 0.981. The molecule has 0 aromatic heterocycles. The second-order valence-electron chi connectivity index (χ2n) is 4.66. The van der Waals surface area contributed by atoms with Gasteiger partial charge < -0.3 is 4.74 Å². The topological polar surface area (TPSA) is 29.5 Å². The number of hydrogen-bond donors (Lipinski definition) is 0. The molecule has 0 N–H and O–H groups in total. The van der Waals surface area contributed by atoms with Gasteiger partial charge in [0.15, 0.2) is 5.78 Å². The van der Waals surface area contributed by atoms with E-state index in [1.807, 2.05) is 0 Å². The number of rotatable bonds is 4. The van der Waals surface area contributed by atoms with E-state index in [0.29, 0.717) is 41.4 Å². The van der Waals surface area contributed by atoms with Gasteiger partial charge in [-0.15, -0.1) is 0 Å². The number of hydrogen-bond acceptors (Lipinski definition) is 3. The standard InChI is InChI=1S/C14H17Cl2NO2/c1-2-11-9-19-6-5-17(11)8-14(18)10-3-4-12(15)13(16)7-10/h3-4,7,11H,2,5-6,8-9H2,1H3. The Hall–Kier alpha value is -0.610. The number of carbonyl (C=O) groups is 1. The summed E-state index contributed by atoms with van der Waals surface area (Å²) < 4.78 is 5.43. The van der Waals surface area contributed by atoms with Crippen molar-refractivity contribution in [3.63, 3.8) is 0 Å². The van der Waals surface area contributed by atoms with Crippen molar-refractivity contribution >= 4 is 29.0 Å². The second-order valence-corrected chi connectivity index (χ2v) is 5.47. The van der Waals surface area contributed by atoms with E-state index in [1.165, 1.54) is 0 Å². The van der Waals surface area contributed by atoms with Crippen molar-refractivity contribution in [3.8, 4) is 0 Å². The fourth-order valence-corrected chi connectivity index (χ4v) is 2.52. The highest BCUT2D eigenvalue weighted by atomic mass is 35.5. The van der Waals surface area contributed by atoms with Crippen LogP contribution >= 0.6 is 23.2 Å².